The normalized spacial score (nSPS) is 13.6. The number of hydrogen-bond donors (Lipinski definition) is 5. The first kappa shape index (κ1) is 29.6. The average Bonchev–Trinajstić information content (AvgIpc) is 2.82. The summed E-state index contributed by atoms with van der Waals surface area (Å²) in [4.78, 5) is 36.6. The number of aliphatic hydroxyl groups excluding tert-OH is 1. The van der Waals surface area contributed by atoms with Gasteiger partial charge >= 0.3 is 12.1 Å². The maximum atomic E-state index is 13.1. The molecule has 0 heterocycles. The fraction of sp³-hybridized carbons (Fsp3) is 0.444. The Hall–Kier alpha value is -3.63. The molecule has 37 heavy (non-hydrogen) atoms. The van der Waals surface area contributed by atoms with E-state index in [4.69, 9.17) is 9.47 Å². The van der Waals surface area contributed by atoms with Crippen molar-refractivity contribution in [3.05, 3.63) is 65.7 Å². The van der Waals surface area contributed by atoms with Gasteiger partial charge in [-0.25, -0.2) is 4.79 Å². The molecular weight excluding hydrogens is 478 g/mol. The molecule has 0 saturated carbocycles. The molecule has 0 aliphatic carbocycles. The SMILES string of the molecule is COc1cccc(CNC[C@@H](O)[C@H](Cc2ccccc2)NC(=O)[C@H](CC(=O)O)NC(=O)OC(C)(C)C)c1. The van der Waals surface area contributed by atoms with Crippen LogP contribution in [-0.4, -0.2) is 65.6 Å². The number of carbonyl (C=O) groups is 3. The number of amides is 2. The van der Waals surface area contributed by atoms with Crippen LogP contribution in [0.15, 0.2) is 54.6 Å². The molecule has 0 spiro atoms. The molecule has 0 aliphatic heterocycles. The average molecular weight is 516 g/mol. The lowest BCUT2D eigenvalue weighted by Crippen LogP contribution is -2.55. The molecule has 0 aliphatic rings. The highest BCUT2D eigenvalue weighted by Crippen LogP contribution is 2.13. The van der Waals surface area contributed by atoms with Crippen LogP contribution >= 0.6 is 0 Å². The molecule has 202 valence electrons. The Kier molecular flexibility index (Phi) is 11.4. The van der Waals surface area contributed by atoms with Gasteiger partial charge < -0.3 is 35.6 Å². The number of aliphatic hydroxyl groups is 1. The summed E-state index contributed by atoms with van der Waals surface area (Å²) in [5.41, 5.74) is 1.00. The van der Waals surface area contributed by atoms with Crippen molar-refractivity contribution in [2.24, 2.45) is 0 Å². The van der Waals surface area contributed by atoms with E-state index in [0.29, 0.717) is 13.0 Å². The minimum absolute atomic E-state index is 0.151. The van der Waals surface area contributed by atoms with Gasteiger partial charge in [0.25, 0.3) is 0 Å². The molecule has 10 heteroatoms. The van der Waals surface area contributed by atoms with Crippen molar-refractivity contribution in [2.75, 3.05) is 13.7 Å². The minimum Gasteiger partial charge on any atom is -0.497 e. The zero-order chi connectivity index (χ0) is 27.4. The topological polar surface area (TPSA) is 146 Å². The minimum atomic E-state index is -1.39. The number of rotatable bonds is 13. The highest BCUT2D eigenvalue weighted by atomic mass is 16.6. The molecular formula is C27H37N3O7. The third kappa shape index (κ3) is 11.3. The monoisotopic (exact) mass is 515 g/mol. The second-order valence-corrected chi connectivity index (χ2v) is 9.65. The number of carboxylic acids is 1. The molecule has 2 aromatic carbocycles. The van der Waals surface area contributed by atoms with Crippen LogP contribution in [0.25, 0.3) is 0 Å². The molecule has 3 atom stereocenters. The van der Waals surface area contributed by atoms with E-state index in [1.165, 1.54) is 0 Å². The van der Waals surface area contributed by atoms with Gasteiger partial charge in [0.2, 0.25) is 5.91 Å². The summed E-state index contributed by atoms with van der Waals surface area (Å²) in [5, 5.41) is 28.5. The van der Waals surface area contributed by atoms with Gasteiger partial charge in [-0.3, -0.25) is 9.59 Å². The van der Waals surface area contributed by atoms with Gasteiger partial charge in [0.15, 0.2) is 0 Å². The fourth-order valence-corrected chi connectivity index (χ4v) is 3.56. The van der Waals surface area contributed by atoms with Crippen molar-refractivity contribution >= 4 is 18.0 Å². The third-order valence-corrected chi connectivity index (χ3v) is 5.29. The number of methoxy groups -OCH3 is 1. The highest BCUT2D eigenvalue weighted by molar-refractivity contribution is 5.89. The number of carboxylic acid groups (broad SMARTS) is 1. The van der Waals surface area contributed by atoms with E-state index < -0.39 is 48.2 Å². The summed E-state index contributed by atoms with van der Waals surface area (Å²) in [5.74, 6) is -1.28. The number of alkyl carbamates (subject to hydrolysis) is 1. The molecule has 0 saturated heterocycles. The van der Waals surface area contributed by atoms with E-state index in [9.17, 15) is 24.6 Å². The quantitative estimate of drug-likeness (QED) is 0.273. The van der Waals surface area contributed by atoms with E-state index in [0.717, 1.165) is 16.9 Å². The van der Waals surface area contributed by atoms with E-state index in [2.05, 4.69) is 16.0 Å². The Morgan fingerprint density at radius 3 is 2.27 bits per heavy atom. The molecule has 0 unspecified atom stereocenters. The van der Waals surface area contributed by atoms with Crippen LogP contribution in [0.4, 0.5) is 4.79 Å². The van der Waals surface area contributed by atoms with E-state index in [1.807, 2.05) is 54.6 Å². The summed E-state index contributed by atoms with van der Waals surface area (Å²) < 4.78 is 10.4. The molecule has 0 aromatic heterocycles. The molecule has 0 bridgehead atoms. The Labute approximate surface area is 217 Å². The summed E-state index contributed by atoms with van der Waals surface area (Å²) >= 11 is 0. The lowest BCUT2D eigenvalue weighted by atomic mass is 10.00. The van der Waals surface area contributed by atoms with Crippen molar-refractivity contribution < 1.29 is 34.1 Å². The largest absolute Gasteiger partial charge is 0.497 e. The number of benzene rings is 2. The van der Waals surface area contributed by atoms with Crippen LogP contribution in [0.5, 0.6) is 5.75 Å². The van der Waals surface area contributed by atoms with Crippen LogP contribution in [0.1, 0.15) is 38.3 Å². The summed E-state index contributed by atoms with van der Waals surface area (Å²) in [6.07, 6.45) is -2.27. The first-order chi connectivity index (χ1) is 17.5. The Morgan fingerprint density at radius 2 is 1.65 bits per heavy atom. The van der Waals surface area contributed by atoms with Crippen molar-refractivity contribution in [1.82, 2.24) is 16.0 Å². The molecule has 0 fully saturated rings. The lowest BCUT2D eigenvalue weighted by Gasteiger charge is -2.28. The molecule has 2 amide bonds. The molecule has 2 rings (SSSR count). The Morgan fingerprint density at radius 1 is 0.973 bits per heavy atom. The zero-order valence-electron chi connectivity index (χ0n) is 21.7. The number of nitrogens with one attached hydrogen (secondary N) is 3. The van der Waals surface area contributed by atoms with Gasteiger partial charge in [-0.2, -0.15) is 0 Å². The number of aliphatic carboxylic acids is 1. The van der Waals surface area contributed by atoms with E-state index >= 15 is 0 Å². The van der Waals surface area contributed by atoms with Crippen molar-refractivity contribution in [2.45, 2.75) is 63.9 Å². The summed E-state index contributed by atoms with van der Waals surface area (Å²) in [6, 6.07) is 14.6. The first-order valence-electron chi connectivity index (χ1n) is 12.0. The Balaban J connectivity index is 2.10. The van der Waals surface area contributed by atoms with Crippen LogP contribution in [0.2, 0.25) is 0 Å². The van der Waals surface area contributed by atoms with Gasteiger partial charge in [-0.15, -0.1) is 0 Å². The fourth-order valence-electron chi connectivity index (χ4n) is 3.56. The highest BCUT2D eigenvalue weighted by Gasteiger charge is 2.30. The standard InChI is InChI=1S/C27H37N3O7/c1-27(2,3)37-26(35)30-22(15-24(32)33)25(34)29-21(14-18-9-6-5-7-10-18)23(31)17-28-16-19-11-8-12-20(13-19)36-4/h5-13,21-23,28,31H,14-17H2,1-4H3,(H,29,34)(H,30,35)(H,32,33)/t21-,22-,23+/m0/s1. The molecule has 5 N–H and O–H groups in total. The zero-order valence-corrected chi connectivity index (χ0v) is 21.7. The number of carbonyl (C=O) groups excluding carboxylic acids is 2. The predicted molar refractivity (Wildman–Crippen MR) is 138 cm³/mol. The maximum absolute atomic E-state index is 13.1. The summed E-state index contributed by atoms with van der Waals surface area (Å²) in [6.45, 7) is 5.58. The predicted octanol–water partition coefficient (Wildman–Crippen LogP) is 2.24. The summed E-state index contributed by atoms with van der Waals surface area (Å²) in [7, 11) is 1.59. The van der Waals surface area contributed by atoms with Crippen molar-refractivity contribution in [3.8, 4) is 5.75 Å². The third-order valence-electron chi connectivity index (χ3n) is 5.29. The van der Waals surface area contributed by atoms with Crippen LogP contribution in [0, 0.1) is 0 Å². The van der Waals surface area contributed by atoms with Gasteiger partial charge in [0.1, 0.15) is 17.4 Å². The molecule has 0 radical (unpaired) electrons. The van der Waals surface area contributed by atoms with Crippen LogP contribution < -0.4 is 20.7 Å². The van der Waals surface area contributed by atoms with E-state index in [-0.39, 0.29) is 6.54 Å². The molecule has 10 nitrogen and oxygen atoms in total. The van der Waals surface area contributed by atoms with Gasteiger partial charge in [0.05, 0.1) is 25.7 Å². The molecule has 2 aromatic rings. The lowest BCUT2D eigenvalue weighted by molar-refractivity contribution is -0.140. The smallest absolute Gasteiger partial charge is 0.408 e. The van der Waals surface area contributed by atoms with Crippen molar-refractivity contribution in [3.63, 3.8) is 0 Å². The van der Waals surface area contributed by atoms with Crippen LogP contribution in [-0.2, 0) is 27.3 Å². The second kappa shape index (κ2) is 14.2. The second-order valence-electron chi connectivity index (χ2n) is 9.65. The maximum Gasteiger partial charge on any atom is 0.408 e. The van der Waals surface area contributed by atoms with E-state index in [1.54, 1.807) is 27.9 Å². The number of hydrogen-bond acceptors (Lipinski definition) is 7. The number of ether oxygens (including phenoxy) is 2. The first-order valence-corrected chi connectivity index (χ1v) is 12.0. The Bertz CT molecular complexity index is 1020. The van der Waals surface area contributed by atoms with Gasteiger partial charge in [-0.05, 0) is 50.5 Å². The van der Waals surface area contributed by atoms with Gasteiger partial charge in [-0.1, -0.05) is 42.5 Å². The van der Waals surface area contributed by atoms with Crippen molar-refractivity contribution in [1.29, 1.82) is 0 Å². The van der Waals surface area contributed by atoms with Crippen LogP contribution in [0.3, 0.4) is 0 Å². The van der Waals surface area contributed by atoms with Gasteiger partial charge in [0, 0.05) is 13.1 Å².